The fourth-order valence-corrected chi connectivity index (χ4v) is 3.39. The highest BCUT2D eigenvalue weighted by molar-refractivity contribution is 6.08. The Hall–Kier alpha value is -3.48. The van der Waals surface area contributed by atoms with Gasteiger partial charge in [0.2, 0.25) is 0 Å². The molecular formula is C26H31NO6. The van der Waals surface area contributed by atoms with Crippen LogP contribution in [0.3, 0.4) is 0 Å². The summed E-state index contributed by atoms with van der Waals surface area (Å²) < 4.78 is 15.9. The Labute approximate surface area is 194 Å². The quantitative estimate of drug-likeness (QED) is 0.328. The molecule has 0 atom stereocenters. The molecule has 0 amide bonds. The first-order valence-electron chi connectivity index (χ1n) is 10.9. The largest absolute Gasteiger partial charge is 0.462 e. The molecule has 2 aromatic rings. The highest BCUT2D eigenvalue weighted by atomic mass is 16.6. The smallest absolute Gasteiger partial charge is 0.340 e. The summed E-state index contributed by atoms with van der Waals surface area (Å²) in [6, 6.07) is 7.14. The first kappa shape index (κ1) is 25.8. The van der Waals surface area contributed by atoms with Crippen molar-refractivity contribution in [1.82, 2.24) is 4.98 Å². The summed E-state index contributed by atoms with van der Waals surface area (Å²) >= 11 is 0. The van der Waals surface area contributed by atoms with E-state index in [1.54, 1.807) is 78.8 Å². The lowest BCUT2D eigenvalue weighted by Gasteiger charge is -2.19. The van der Waals surface area contributed by atoms with E-state index < -0.39 is 23.5 Å². The topological polar surface area (TPSA) is 91.8 Å². The Kier molecular flexibility index (Phi) is 8.51. The number of esters is 3. The number of aromatic nitrogens is 1. The number of hydrogen-bond donors (Lipinski definition) is 0. The summed E-state index contributed by atoms with van der Waals surface area (Å²) in [5.74, 6) is -1.68. The molecule has 0 N–H and O–H groups in total. The summed E-state index contributed by atoms with van der Waals surface area (Å²) in [4.78, 5) is 42.5. The van der Waals surface area contributed by atoms with E-state index in [1.807, 2.05) is 0 Å². The van der Waals surface area contributed by atoms with Crippen molar-refractivity contribution in [2.24, 2.45) is 0 Å². The van der Waals surface area contributed by atoms with Crippen molar-refractivity contribution in [3.05, 3.63) is 58.4 Å². The van der Waals surface area contributed by atoms with Crippen LogP contribution in [0.25, 0.3) is 17.2 Å². The summed E-state index contributed by atoms with van der Waals surface area (Å²) in [7, 11) is 0. The number of hydrogen-bond acceptors (Lipinski definition) is 7. The lowest BCUT2D eigenvalue weighted by atomic mass is 9.89. The standard InChI is InChI=1S/C26H31NO6/c1-8-31-24(29)21-16(3)27-17(4)22(25(30)32-9-2)23(21)19-13-11-10-12-18(19)14-15-20(28)33-26(5,6)7/h10-15H,8-9H2,1-7H3/b15-14-. The number of pyridine rings is 1. The van der Waals surface area contributed by atoms with Gasteiger partial charge in [-0.2, -0.15) is 0 Å². The van der Waals surface area contributed by atoms with Crippen LogP contribution in [0.1, 0.15) is 72.3 Å². The van der Waals surface area contributed by atoms with Crippen LogP contribution in [-0.4, -0.2) is 41.7 Å². The highest BCUT2D eigenvalue weighted by Crippen LogP contribution is 2.35. The van der Waals surface area contributed by atoms with E-state index in [9.17, 15) is 14.4 Å². The maximum absolute atomic E-state index is 12.9. The van der Waals surface area contributed by atoms with Crippen molar-refractivity contribution in [2.45, 2.75) is 54.1 Å². The van der Waals surface area contributed by atoms with Crippen molar-refractivity contribution in [3.8, 4) is 11.1 Å². The van der Waals surface area contributed by atoms with Crippen LogP contribution < -0.4 is 0 Å². The lowest BCUT2D eigenvalue weighted by molar-refractivity contribution is -0.148. The monoisotopic (exact) mass is 453 g/mol. The van der Waals surface area contributed by atoms with Crippen LogP contribution in [0.15, 0.2) is 30.3 Å². The molecule has 33 heavy (non-hydrogen) atoms. The summed E-state index contributed by atoms with van der Waals surface area (Å²) in [5, 5.41) is 0. The summed E-state index contributed by atoms with van der Waals surface area (Å²) in [6.45, 7) is 12.5. The average Bonchev–Trinajstić information content (AvgIpc) is 2.71. The minimum Gasteiger partial charge on any atom is -0.462 e. The van der Waals surface area contributed by atoms with E-state index in [1.165, 1.54) is 6.08 Å². The molecule has 0 bridgehead atoms. The van der Waals surface area contributed by atoms with Crippen molar-refractivity contribution in [1.29, 1.82) is 0 Å². The fraction of sp³-hybridized carbons (Fsp3) is 0.385. The zero-order valence-corrected chi connectivity index (χ0v) is 20.3. The molecule has 7 heteroatoms. The van der Waals surface area contributed by atoms with Crippen LogP contribution in [-0.2, 0) is 19.0 Å². The second kappa shape index (κ2) is 10.9. The van der Waals surface area contributed by atoms with Gasteiger partial charge in [0.25, 0.3) is 0 Å². The first-order valence-corrected chi connectivity index (χ1v) is 10.9. The number of rotatable bonds is 7. The van der Waals surface area contributed by atoms with Crippen LogP contribution in [0.4, 0.5) is 0 Å². The van der Waals surface area contributed by atoms with Gasteiger partial charge in [0.15, 0.2) is 0 Å². The van der Waals surface area contributed by atoms with Gasteiger partial charge in [0.1, 0.15) is 5.60 Å². The molecule has 0 saturated heterocycles. The Morgan fingerprint density at radius 3 is 1.91 bits per heavy atom. The maximum Gasteiger partial charge on any atom is 0.340 e. The van der Waals surface area contributed by atoms with E-state index in [4.69, 9.17) is 14.2 Å². The molecule has 0 aliphatic heterocycles. The van der Waals surface area contributed by atoms with Gasteiger partial charge in [-0.1, -0.05) is 24.3 Å². The minimum absolute atomic E-state index is 0.167. The number of aryl methyl sites for hydroxylation is 2. The summed E-state index contributed by atoms with van der Waals surface area (Å²) in [6.07, 6.45) is 2.91. The van der Waals surface area contributed by atoms with E-state index in [0.29, 0.717) is 28.1 Å². The van der Waals surface area contributed by atoms with Gasteiger partial charge >= 0.3 is 17.9 Å². The molecule has 0 saturated carbocycles. The van der Waals surface area contributed by atoms with Crippen molar-refractivity contribution in [3.63, 3.8) is 0 Å². The molecule has 1 heterocycles. The Bertz CT molecular complexity index is 1040. The Balaban J connectivity index is 2.79. The first-order chi connectivity index (χ1) is 15.5. The predicted molar refractivity (Wildman–Crippen MR) is 126 cm³/mol. The van der Waals surface area contributed by atoms with Crippen molar-refractivity contribution >= 4 is 24.0 Å². The predicted octanol–water partition coefficient (Wildman–Crippen LogP) is 5.07. The second-order valence-corrected chi connectivity index (χ2v) is 8.30. The van der Waals surface area contributed by atoms with E-state index in [0.717, 1.165) is 0 Å². The minimum atomic E-state index is -0.631. The van der Waals surface area contributed by atoms with Gasteiger partial charge < -0.3 is 14.2 Å². The van der Waals surface area contributed by atoms with Gasteiger partial charge in [0, 0.05) is 11.6 Å². The highest BCUT2D eigenvalue weighted by Gasteiger charge is 2.28. The number of carbonyl (C=O) groups is 3. The average molecular weight is 454 g/mol. The molecule has 0 aliphatic rings. The molecule has 0 fully saturated rings. The van der Waals surface area contributed by atoms with Gasteiger partial charge in [0.05, 0.1) is 35.7 Å². The van der Waals surface area contributed by atoms with E-state index in [2.05, 4.69) is 4.98 Å². The molecular weight excluding hydrogens is 422 g/mol. The third kappa shape index (κ3) is 6.51. The molecule has 0 unspecified atom stereocenters. The van der Waals surface area contributed by atoms with Gasteiger partial charge in [-0.3, -0.25) is 4.98 Å². The molecule has 0 aliphatic carbocycles. The van der Waals surface area contributed by atoms with Gasteiger partial charge in [-0.05, 0) is 65.7 Å². The van der Waals surface area contributed by atoms with Crippen LogP contribution in [0.2, 0.25) is 0 Å². The van der Waals surface area contributed by atoms with Crippen LogP contribution in [0, 0.1) is 13.8 Å². The number of carbonyl (C=O) groups excluding carboxylic acids is 3. The molecule has 2 rings (SSSR count). The molecule has 0 radical (unpaired) electrons. The molecule has 176 valence electrons. The third-order valence-corrected chi connectivity index (χ3v) is 4.55. The fourth-order valence-electron chi connectivity index (χ4n) is 3.39. The normalized spacial score (nSPS) is 11.4. The number of ether oxygens (including phenoxy) is 3. The molecule has 7 nitrogen and oxygen atoms in total. The second-order valence-electron chi connectivity index (χ2n) is 8.30. The maximum atomic E-state index is 12.9. The zero-order chi connectivity index (χ0) is 24.8. The number of benzene rings is 1. The zero-order valence-electron chi connectivity index (χ0n) is 20.3. The van der Waals surface area contributed by atoms with Crippen molar-refractivity contribution < 1.29 is 28.6 Å². The molecule has 1 aromatic heterocycles. The van der Waals surface area contributed by atoms with E-state index >= 15 is 0 Å². The van der Waals surface area contributed by atoms with Crippen molar-refractivity contribution in [2.75, 3.05) is 13.2 Å². The SMILES string of the molecule is CCOC(=O)c1c(C)nc(C)c(C(=O)OCC)c1-c1ccccc1/C=C\C(=O)OC(C)(C)C. The van der Waals surface area contributed by atoms with Crippen LogP contribution in [0.5, 0.6) is 0 Å². The molecule has 1 aromatic carbocycles. The Morgan fingerprint density at radius 1 is 0.909 bits per heavy atom. The number of nitrogens with zero attached hydrogens (tertiary/aromatic N) is 1. The van der Waals surface area contributed by atoms with E-state index in [-0.39, 0.29) is 24.3 Å². The lowest BCUT2D eigenvalue weighted by Crippen LogP contribution is -2.22. The van der Waals surface area contributed by atoms with Crippen LogP contribution >= 0.6 is 0 Å². The Morgan fingerprint density at radius 2 is 1.42 bits per heavy atom. The van der Waals surface area contributed by atoms with Gasteiger partial charge in [-0.25, -0.2) is 14.4 Å². The molecule has 0 spiro atoms. The third-order valence-electron chi connectivity index (χ3n) is 4.55. The summed E-state index contributed by atoms with van der Waals surface area (Å²) in [5.41, 5.74) is 2.14. The van der Waals surface area contributed by atoms with Gasteiger partial charge in [-0.15, -0.1) is 0 Å².